The number of halogens is 1. The Morgan fingerprint density at radius 2 is 1.74 bits per heavy atom. The number of imide groups is 1. The smallest absolute Gasteiger partial charge is 0.268 e. The maximum absolute atomic E-state index is 13.8. The maximum Gasteiger partial charge on any atom is 0.273 e. The molecule has 1 aliphatic heterocycles. The summed E-state index contributed by atoms with van der Waals surface area (Å²) in [6.45, 7) is 0. The van der Waals surface area contributed by atoms with E-state index in [1.165, 1.54) is 24.3 Å². The minimum absolute atomic E-state index is 0.102. The molecule has 0 saturated carbocycles. The quantitative estimate of drug-likeness (QED) is 0.471. The molecule has 1 aliphatic rings. The van der Waals surface area contributed by atoms with E-state index in [1.807, 2.05) is 30.3 Å². The van der Waals surface area contributed by atoms with Gasteiger partial charge in [0.2, 0.25) is 0 Å². The molecule has 2 aromatic rings. The summed E-state index contributed by atoms with van der Waals surface area (Å²) in [6, 6.07) is 14.7. The molecule has 6 heteroatoms. The van der Waals surface area contributed by atoms with Crippen molar-refractivity contribution in [3.05, 3.63) is 76.4 Å². The van der Waals surface area contributed by atoms with Gasteiger partial charge in [-0.2, -0.15) is 0 Å². The van der Waals surface area contributed by atoms with Crippen LogP contribution >= 0.6 is 24.0 Å². The summed E-state index contributed by atoms with van der Waals surface area (Å²) in [6.07, 6.45) is 1.66. The molecular weight excluding hydrogens is 333 g/mol. The zero-order valence-corrected chi connectivity index (χ0v) is 13.4. The molecule has 114 valence electrons. The van der Waals surface area contributed by atoms with Gasteiger partial charge in [-0.25, -0.2) is 9.29 Å². The van der Waals surface area contributed by atoms with Crippen LogP contribution in [0, 0.1) is 5.82 Å². The minimum Gasteiger partial charge on any atom is -0.268 e. The van der Waals surface area contributed by atoms with Crippen molar-refractivity contribution in [3.8, 4) is 0 Å². The zero-order valence-electron chi connectivity index (χ0n) is 11.7. The lowest BCUT2D eigenvalue weighted by molar-refractivity contribution is -0.120. The van der Waals surface area contributed by atoms with E-state index in [1.54, 1.807) is 6.08 Å². The molecule has 1 heterocycles. The molecule has 0 aromatic heterocycles. The molecule has 2 amide bonds. The van der Waals surface area contributed by atoms with Crippen molar-refractivity contribution in [2.45, 2.75) is 0 Å². The van der Waals surface area contributed by atoms with E-state index >= 15 is 0 Å². The monoisotopic (exact) mass is 343 g/mol. The van der Waals surface area contributed by atoms with Crippen LogP contribution in [0.2, 0.25) is 0 Å². The SMILES string of the molecule is O=C1/C(=C/c2ccccc2)SC(=S)N1C(=O)c1ccccc1F. The van der Waals surface area contributed by atoms with Crippen molar-refractivity contribution in [1.82, 2.24) is 4.90 Å². The van der Waals surface area contributed by atoms with Gasteiger partial charge in [-0.1, -0.05) is 66.4 Å². The summed E-state index contributed by atoms with van der Waals surface area (Å²) in [5.41, 5.74) is 0.649. The highest BCUT2D eigenvalue weighted by molar-refractivity contribution is 8.26. The standard InChI is InChI=1S/C17H10FNO2S2/c18-13-9-5-4-8-12(13)15(20)19-16(21)14(23-17(19)22)10-11-6-2-1-3-7-11/h1-10H/b14-10-. The lowest BCUT2D eigenvalue weighted by atomic mass is 10.2. The molecule has 0 unspecified atom stereocenters. The van der Waals surface area contributed by atoms with Crippen LogP contribution in [0.4, 0.5) is 4.39 Å². The second kappa shape index (κ2) is 6.44. The predicted octanol–water partition coefficient (Wildman–Crippen LogP) is 3.87. The Bertz CT molecular complexity index is 833. The third-order valence-electron chi connectivity index (χ3n) is 3.20. The summed E-state index contributed by atoms with van der Waals surface area (Å²) in [5.74, 6) is -1.96. The fourth-order valence-electron chi connectivity index (χ4n) is 2.10. The van der Waals surface area contributed by atoms with Gasteiger partial charge < -0.3 is 0 Å². The van der Waals surface area contributed by atoms with Gasteiger partial charge in [0.1, 0.15) is 5.82 Å². The van der Waals surface area contributed by atoms with Crippen molar-refractivity contribution >= 4 is 46.2 Å². The lowest BCUT2D eigenvalue weighted by Gasteiger charge is -2.12. The molecule has 0 atom stereocenters. The van der Waals surface area contributed by atoms with Gasteiger partial charge in [-0.05, 0) is 23.8 Å². The molecule has 0 aliphatic carbocycles. The highest BCUT2D eigenvalue weighted by atomic mass is 32.2. The topological polar surface area (TPSA) is 37.4 Å². The molecule has 0 bridgehead atoms. The van der Waals surface area contributed by atoms with E-state index < -0.39 is 17.6 Å². The van der Waals surface area contributed by atoms with Crippen LogP contribution in [0.5, 0.6) is 0 Å². The summed E-state index contributed by atoms with van der Waals surface area (Å²) >= 11 is 6.15. The molecule has 0 spiro atoms. The van der Waals surface area contributed by atoms with Crippen LogP contribution in [0.15, 0.2) is 59.5 Å². The first-order valence-corrected chi connectivity index (χ1v) is 7.92. The average Bonchev–Trinajstić information content (AvgIpc) is 2.82. The molecule has 2 aromatic carbocycles. The van der Waals surface area contributed by atoms with Gasteiger partial charge in [-0.15, -0.1) is 0 Å². The normalized spacial score (nSPS) is 16.2. The Morgan fingerprint density at radius 1 is 1.09 bits per heavy atom. The van der Waals surface area contributed by atoms with E-state index in [-0.39, 0.29) is 9.88 Å². The molecule has 23 heavy (non-hydrogen) atoms. The average molecular weight is 343 g/mol. The summed E-state index contributed by atoms with van der Waals surface area (Å²) in [7, 11) is 0. The van der Waals surface area contributed by atoms with E-state index in [0.717, 1.165) is 22.2 Å². The molecule has 0 N–H and O–H groups in total. The second-order valence-corrected chi connectivity index (χ2v) is 6.39. The molecule has 1 fully saturated rings. The number of carbonyl (C=O) groups excluding carboxylic acids is 2. The first-order valence-electron chi connectivity index (χ1n) is 6.70. The molecule has 1 saturated heterocycles. The van der Waals surface area contributed by atoms with Crippen molar-refractivity contribution in [3.63, 3.8) is 0 Å². The largest absolute Gasteiger partial charge is 0.273 e. The van der Waals surface area contributed by atoms with Crippen LogP contribution in [0.1, 0.15) is 15.9 Å². The maximum atomic E-state index is 13.8. The number of thioether (sulfide) groups is 1. The number of hydrogen-bond acceptors (Lipinski definition) is 4. The zero-order chi connectivity index (χ0) is 16.4. The highest BCUT2D eigenvalue weighted by Crippen LogP contribution is 2.33. The number of benzene rings is 2. The third kappa shape index (κ3) is 3.09. The number of thiocarbonyl (C=S) groups is 1. The Balaban J connectivity index is 1.92. The highest BCUT2D eigenvalue weighted by Gasteiger charge is 2.38. The molecule has 3 rings (SSSR count). The fourth-order valence-corrected chi connectivity index (χ4v) is 3.35. The van der Waals surface area contributed by atoms with Crippen LogP contribution in [0.25, 0.3) is 6.08 Å². The summed E-state index contributed by atoms with van der Waals surface area (Å²) < 4.78 is 13.9. The van der Waals surface area contributed by atoms with Gasteiger partial charge in [-0.3, -0.25) is 9.59 Å². The lowest BCUT2D eigenvalue weighted by Crippen LogP contribution is -2.35. The fraction of sp³-hybridized carbons (Fsp3) is 0. The van der Waals surface area contributed by atoms with E-state index in [4.69, 9.17) is 12.2 Å². The Labute approximate surface area is 141 Å². The van der Waals surface area contributed by atoms with Gasteiger partial charge in [0.05, 0.1) is 10.5 Å². The van der Waals surface area contributed by atoms with Crippen molar-refractivity contribution in [2.24, 2.45) is 0 Å². The van der Waals surface area contributed by atoms with Crippen LogP contribution in [-0.2, 0) is 4.79 Å². The molecule has 0 radical (unpaired) electrons. The predicted molar refractivity (Wildman–Crippen MR) is 92.2 cm³/mol. The minimum atomic E-state index is -0.748. The van der Waals surface area contributed by atoms with E-state index in [0.29, 0.717) is 4.91 Å². The van der Waals surface area contributed by atoms with Gasteiger partial charge in [0, 0.05) is 0 Å². The van der Waals surface area contributed by atoms with Gasteiger partial charge >= 0.3 is 0 Å². The second-order valence-electron chi connectivity index (χ2n) is 4.71. The number of hydrogen-bond donors (Lipinski definition) is 0. The Hall–Kier alpha value is -2.31. The molecule has 3 nitrogen and oxygen atoms in total. The van der Waals surface area contributed by atoms with E-state index in [2.05, 4.69) is 0 Å². The third-order valence-corrected chi connectivity index (χ3v) is 4.50. The summed E-state index contributed by atoms with van der Waals surface area (Å²) in [5, 5.41) is 0. The van der Waals surface area contributed by atoms with Crippen LogP contribution in [0.3, 0.4) is 0 Å². The first-order chi connectivity index (χ1) is 11.1. The Kier molecular flexibility index (Phi) is 4.36. The van der Waals surface area contributed by atoms with Crippen molar-refractivity contribution < 1.29 is 14.0 Å². The van der Waals surface area contributed by atoms with E-state index in [9.17, 15) is 14.0 Å². The number of carbonyl (C=O) groups is 2. The van der Waals surface area contributed by atoms with Gasteiger partial charge in [0.25, 0.3) is 11.8 Å². The van der Waals surface area contributed by atoms with Crippen molar-refractivity contribution in [1.29, 1.82) is 0 Å². The van der Waals surface area contributed by atoms with Crippen LogP contribution in [-0.4, -0.2) is 21.0 Å². The first kappa shape index (κ1) is 15.6. The van der Waals surface area contributed by atoms with Crippen molar-refractivity contribution in [2.75, 3.05) is 0 Å². The van der Waals surface area contributed by atoms with Gasteiger partial charge in [0.15, 0.2) is 4.32 Å². The molecular formula is C17H10FNO2S2. The number of amides is 2. The summed E-state index contributed by atoms with van der Waals surface area (Å²) in [4.78, 5) is 26.1. The van der Waals surface area contributed by atoms with Crippen LogP contribution < -0.4 is 0 Å². The Morgan fingerprint density at radius 3 is 2.43 bits per heavy atom. The number of rotatable bonds is 2. The number of nitrogens with zero attached hydrogens (tertiary/aromatic N) is 1.